The van der Waals surface area contributed by atoms with E-state index in [0.717, 1.165) is 21.1 Å². The number of quaternary nitrogens is 1. The molecule has 0 N–H and O–H groups in total. The van der Waals surface area contributed by atoms with E-state index in [1.807, 2.05) is 0 Å². The zero-order valence-corrected chi connectivity index (χ0v) is 9.57. The Bertz CT molecular complexity index is 136. The Morgan fingerprint density at radius 2 is 1.90 bits per heavy atom. The van der Waals surface area contributed by atoms with Crippen molar-refractivity contribution in [2.75, 3.05) is 27.7 Å². The molecule has 0 atom stereocenters. The molecule has 0 heterocycles. The molecule has 0 bridgehead atoms. The highest BCUT2D eigenvalue weighted by atomic mass is 28.1. The van der Waals surface area contributed by atoms with Crippen LogP contribution in [0.5, 0.6) is 0 Å². The lowest BCUT2D eigenvalue weighted by atomic mass is 10.3. The van der Waals surface area contributed by atoms with E-state index in [-0.39, 0.29) is 0 Å². The minimum absolute atomic E-state index is 1.03. The molecule has 0 saturated heterocycles. The molecule has 2 heteroatoms. The summed E-state index contributed by atoms with van der Waals surface area (Å²) in [5, 5.41) is 0. The maximum atomic E-state index is 3.12. The van der Waals surface area contributed by atoms with E-state index < -0.39 is 0 Å². The fourth-order valence-corrected chi connectivity index (χ4v) is 1.02. The van der Waals surface area contributed by atoms with Crippen LogP contribution in [0, 0.1) is 11.5 Å². The summed E-state index contributed by atoms with van der Waals surface area (Å²) in [7, 11) is 7.68. The highest BCUT2D eigenvalue weighted by molar-refractivity contribution is 6.22. The Kier molecular flexibility index (Phi) is 4.42. The predicted octanol–water partition coefficient (Wildman–Crippen LogP) is -0.201. The third kappa shape index (κ3) is 7.74. The van der Waals surface area contributed by atoms with Gasteiger partial charge in [-0.1, -0.05) is 0 Å². The molecular weight excluding hydrogens is 138 g/mol. The molecule has 0 aromatic rings. The number of rotatable bonds is 3. The summed E-state index contributed by atoms with van der Waals surface area (Å²) >= 11 is 0. The van der Waals surface area contributed by atoms with Crippen molar-refractivity contribution in [3.8, 4) is 11.5 Å². The third-order valence-corrected chi connectivity index (χ3v) is 1.66. The van der Waals surface area contributed by atoms with Crippen molar-refractivity contribution in [2.45, 2.75) is 12.8 Å². The normalized spacial score (nSPS) is 10.7. The van der Waals surface area contributed by atoms with E-state index in [0.29, 0.717) is 0 Å². The molecule has 0 radical (unpaired) electrons. The molecule has 0 fully saturated rings. The van der Waals surface area contributed by atoms with Crippen LogP contribution in [0.1, 0.15) is 12.8 Å². The maximum Gasteiger partial charge on any atom is 0.0906 e. The summed E-state index contributed by atoms with van der Waals surface area (Å²) in [6.07, 6.45) is 2.32. The molecule has 0 aliphatic heterocycles. The zero-order chi connectivity index (χ0) is 8.04. The molecule has 0 aromatic carbocycles. The van der Waals surface area contributed by atoms with Gasteiger partial charge in [-0.25, -0.2) is 0 Å². The first-order valence-electron chi connectivity index (χ1n) is 3.76. The number of nitrogens with zero attached hydrogens (tertiary/aromatic N) is 1. The van der Waals surface area contributed by atoms with Crippen molar-refractivity contribution >= 4 is 10.2 Å². The molecule has 58 valence electrons. The molecule has 0 rings (SSSR count). The van der Waals surface area contributed by atoms with Crippen molar-refractivity contribution in [2.24, 2.45) is 0 Å². The maximum absolute atomic E-state index is 3.12. The molecule has 0 unspecified atom stereocenters. The molecule has 10 heavy (non-hydrogen) atoms. The Hall–Kier alpha value is -0.263. The fraction of sp³-hybridized carbons (Fsp3) is 0.750. The van der Waals surface area contributed by atoms with Crippen molar-refractivity contribution < 1.29 is 4.48 Å². The first kappa shape index (κ1) is 9.74. The van der Waals surface area contributed by atoms with Crippen LogP contribution in [0.25, 0.3) is 0 Å². The van der Waals surface area contributed by atoms with E-state index in [2.05, 4.69) is 32.6 Å². The van der Waals surface area contributed by atoms with E-state index in [1.165, 1.54) is 13.0 Å². The molecule has 0 aliphatic carbocycles. The fourth-order valence-electron chi connectivity index (χ4n) is 0.767. The van der Waals surface area contributed by atoms with E-state index in [4.69, 9.17) is 0 Å². The zero-order valence-electron chi connectivity index (χ0n) is 7.57. The average Bonchev–Trinajstić information content (AvgIpc) is 1.78. The summed E-state index contributed by atoms with van der Waals surface area (Å²) in [5.41, 5.74) is 3.04. The molecule has 0 aromatic heterocycles. The molecule has 0 saturated carbocycles. The molecule has 1 nitrogen and oxygen atoms in total. The van der Waals surface area contributed by atoms with Crippen LogP contribution < -0.4 is 0 Å². The van der Waals surface area contributed by atoms with E-state index >= 15 is 0 Å². The van der Waals surface area contributed by atoms with Gasteiger partial charge in [0.2, 0.25) is 0 Å². The monoisotopic (exact) mass is 156 g/mol. The molecule has 0 spiro atoms. The first-order valence-corrected chi connectivity index (χ1v) is 4.76. The largest absolute Gasteiger partial charge is 0.331 e. The smallest absolute Gasteiger partial charge is 0.0906 e. The van der Waals surface area contributed by atoms with Crippen LogP contribution in [0.4, 0.5) is 0 Å². The quantitative estimate of drug-likeness (QED) is 0.230. The van der Waals surface area contributed by atoms with Crippen LogP contribution in [-0.2, 0) is 0 Å². The number of hydrogen-bond acceptors (Lipinski definition) is 0. The lowest BCUT2D eigenvalue weighted by Crippen LogP contribution is -2.35. The van der Waals surface area contributed by atoms with Gasteiger partial charge in [0.1, 0.15) is 0 Å². The Morgan fingerprint density at radius 1 is 1.30 bits per heavy atom. The van der Waals surface area contributed by atoms with E-state index in [1.54, 1.807) is 0 Å². The number of hydrogen-bond donors (Lipinski definition) is 0. The molecule has 0 aliphatic rings. The Morgan fingerprint density at radius 3 is 2.30 bits per heavy atom. The van der Waals surface area contributed by atoms with Crippen molar-refractivity contribution in [1.29, 1.82) is 0 Å². The third-order valence-electron chi connectivity index (χ3n) is 1.31. The Balaban J connectivity index is 3.26. The van der Waals surface area contributed by atoms with Crippen LogP contribution in [0.15, 0.2) is 0 Å². The summed E-state index contributed by atoms with van der Waals surface area (Å²) in [6.45, 7) is 1.23. The van der Waals surface area contributed by atoms with Gasteiger partial charge in [0.05, 0.1) is 37.9 Å². The van der Waals surface area contributed by atoms with Gasteiger partial charge in [-0.05, 0) is 0 Å². The summed E-state index contributed by atoms with van der Waals surface area (Å²) < 4.78 is 1.06. The second kappa shape index (κ2) is 4.54. The minimum atomic E-state index is 1.03. The van der Waals surface area contributed by atoms with E-state index in [9.17, 15) is 0 Å². The summed E-state index contributed by atoms with van der Waals surface area (Å²) in [5.74, 6) is 3.12. The SMILES string of the molecule is C[N+](C)(C)CCCC#C[SiH3]. The highest BCUT2D eigenvalue weighted by Crippen LogP contribution is 1.95. The molecule has 0 amide bonds. The van der Waals surface area contributed by atoms with Crippen molar-refractivity contribution in [3.63, 3.8) is 0 Å². The van der Waals surface area contributed by atoms with Gasteiger partial charge in [0, 0.05) is 12.8 Å². The lowest BCUT2D eigenvalue weighted by Gasteiger charge is -2.23. The predicted molar refractivity (Wildman–Crippen MR) is 49.8 cm³/mol. The van der Waals surface area contributed by atoms with Gasteiger partial charge in [0.25, 0.3) is 0 Å². The van der Waals surface area contributed by atoms with Crippen LogP contribution in [0.3, 0.4) is 0 Å². The van der Waals surface area contributed by atoms with Gasteiger partial charge in [0.15, 0.2) is 0 Å². The highest BCUT2D eigenvalue weighted by Gasteiger charge is 2.03. The van der Waals surface area contributed by atoms with Gasteiger partial charge in [-0.2, -0.15) is 0 Å². The number of unbranched alkanes of at least 4 members (excludes halogenated alkanes) is 1. The van der Waals surface area contributed by atoms with Crippen molar-refractivity contribution in [3.05, 3.63) is 0 Å². The van der Waals surface area contributed by atoms with Crippen LogP contribution in [0.2, 0.25) is 0 Å². The molecular formula is C8H18NSi+. The topological polar surface area (TPSA) is 0 Å². The average molecular weight is 156 g/mol. The van der Waals surface area contributed by atoms with Crippen LogP contribution in [-0.4, -0.2) is 42.4 Å². The Labute approximate surface area is 67.4 Å². The lowest BCUT2D eigenvalue weighted by molar-refractivity contribution is -0.870. The van der Waals surface area contributed by atoms with Gasteiger partial charge < -0.3 is 4.48 Å². The van der Waals surface area contributed by atoms with Crippen LogP contribution >= 0.6 is 0 Å². The summed E-state index contributed by atoms with van der Waals surface area (Å²) in [4.78, 5) is 0. The van der Waals surface area contributed by atoms with Gasteiger partial charge in [-0.15, -0.1) is 11.5 Å². The van der Waals surface area contributed by atoms with Gasteiger partial charge in [-0.3, -0.25) is 0 Å². The standard InChI is InChI=1S/C8H18NSi/c1-9(2,3)7-5-4-6-8-10/h4-5,7H2,1-3,10H3/q+1. The van der Waals surface area contributed by atoms with Gasteiger partial charge >= 0.3 is 0 Å². The second-order valence-electron chi connectivity index (χ2n) is 3.54. The minimum Gasteiger partial charge on any atom is -0.331 e. The summed E-state index contributed by atoms with van der Waals surface area (Å²) in [6, 6.07) is 0. The first-order chi connectivity index (χ1) is 4.56. The second-order valence-corrected chi connectivity index (χ2v) is 4.04. The van der Waals surface area contributed by atoms with Crippen molar-refractivity contribution in [1.82, 2.24) is 0 Å².